The van der Waals surface area contributed by atoms with Gasteiger partial charge < -0.3 is 9.63 Å². The van der Waals surface area contributed by atoms with Gasteiger partial charge in [-0.05, 0) is 45.3 Å². The Morgan fingerprint density at radius 3 is 2.79 bits per heavy atom. The molecule has 2 aromatic rings. The summed E-state index contributed by atoms with van der Waals surface area (Å²) in [7, 11) is 1.89. The molecule has 1 fully saturated rings. The van der Waals surface area contributed by atoms with Crippen molar-refractivity contribution in [1.29, 1.82) is 0 Å². The van der Waals surface area contributed by atoms with Crippen LogP contribution in [0.1, 0.15) is 49.5 Å². The van der Waals surface area contributed by atoms with E-state index < -0.39 is 5.97 Å². The molecule has 8 heteroatoms. The summed E-state index contributed by atoms with van der Waals surface area (Å²) in [4.78, 5) is 19.8. The predicted molar refractivity (Wildman–Crippen MR) is 109 cm³/mol. The number of likely N-dealkylation sites (N-methyl/N-ethyl adjacent to an activating group) is 1. The van der Waals surface area contributed by atoms with Crippen molar-refractivity contribution in [2.24, 2.45) is 0 Å². The number of carbonyl (C=O) groups is 1. The number of nitrogens with zero attached hydrogens (tertiary/aromatic N) is 4. The molecule has 0 radical (unpaired) electrons. The highest BCUT2D eigenvalue weighted by Crippen LogP contribution is 2.24. The first-order valence-electron chi connectivity index (χ1n) is 9.55. The number of hydrogen-bond donors (Lipinski definition) is 1. The van der Waals surface area contributed by atoms with E-state index >= 15 is 0 Å². The van der Waals surface area contributed by atoms with Crippen LogP contribution in [0.15, 0.2) is 34.9 Å². The van der Waals surface area contributed by atoms with E-state index in [-0.39, 0.29) is 25.0 Å². The summed E-state index contributed by atoms with van der Waals surface area (Å²) in [5.41, 5.74) is 1.16. The number of hydrogen-bond acceptors (Lipinski definition) is 6. The van der Waals surface area contributed by atoms with Crippen LogP contribution in [0.25, 0.3) is 0 Å². The van der Waals surface area contributed by atoms with Gasteiger partial charge >= 0.3 is 5.97 Å². The SMILES string of the molecule is CC(c1nc(Cc2ccccc2)no1)N1CCCC(N(C)CC(=O)O)CC1.Cl. The van der Waals surface area contributed by atoms with Crippen molar-refractivity contribution in [3.8, 4) is 0 Å². The van der Waals surface area contributed by atoms with Crippen LogP contribution in [0, 0.1) is 0 Å². The fourth-order valence-corrected chi connectivity index (χ4v) is 3.72. The third kappa shape index (κ3) is 6.02. The van der Waals surface area contributed by atoms with Gasteiger partial charge in [-0.3, -0.25) is 14.6 Å². The molecule has 1 saturated heterocycles. The van der Waals surface area contributed by atoms with E-state index in [0.717, 1.165) is 37.9 Å². The van der Waals surface area contributed by atoms with Gasteiger partial charge in [0.15, 0.2) is 5.82 Å². The smallest absolute Gasteiger partial charge is 0.317 e. The van der Waals surface area contributed by atoms with Crippen LogP contribution in [0.5, 0.6) is 0 Å². The summed E-state index contributed by atoms with van der Waals surface area (Å²) < 4.78 is 5.53. The molecule has 2 atom stereocenters. The normalized spacial score (nSPS) is 19.0. The van der Waals surface area contributed by atoms with E-state index in [1.54, 1.807) is 0 Å². The van der Waals surface area contributed by atoms with Crippen molar-refractivity contribution in [3.05, 3.63) is 47.6 Å². The lowest BCUT2D eigenvalue weighted by atomic mass is 10.1. The minimum Gasteiger partial charge on any atom is -0.480 e. The molecule has 0 saturated carbocycles. The first-order valence-corrected chi connectivity index (χ1v) is 9.55. The molecule has 0 bridgehead atoms. The van der Waals surface area contributed by atoms with Crippen molar-refractivity contribution < 1.29 is 14.4 Å². The van der Waals surface area contributed by atoms with E-state index in [9.17, 15) is 4.79 Å². The van der Waals surface area contributed by atoms with Crippen molar-refractivity contribution >= 4 is 18.4 Å². The van der Waals surface area contributed by atoms with E-state index in [4.69, 9.17) is 9.63 Å². The summed E-state index contributed by atoms with van der Waals surface area (Å²) in [6.07, 6.45) is 3.65. The Kier molecular flexibility index (Phi) is 8.41. The molecule has 2 unspecified atom stereocenters. The zero-order valence-corrected chi connectivity index (χ0v) is 17.3. The number of halogens is 1. The largest absolute Gasteiger partial charge is 0.480 e. The monoisotopic (exact) mass is 408 g/mol. The van der Waals surface area contributed by atoms with Crippen molar-refractivity contribution in [3.63, 3.8) is 0 Å². The zero-order valence-electron chi connectivity index (χ0n) is 16.5. The number of carboxylic acid groups (broad SMARTS) is 1. The van der Waals surface area contributed by atoms with Crippen LogP contribution in [-0.2, 0) is 11.2 Å². The molecule has 0 spiro atoms. The average Bonchev–Trinajstić information content (AvgIpc) is 2.96. The summed E-state index contributed by atoms with van der Waals surface area (Å²) in [6.45, 7) is 4.04. The molecular weight excluding hydrogens is 380 g/mol. The van der Waals surface area contributed by atoms with Crippen LogP contribution in [0.2, 0.25) is 0 Å². The number of aliphatic carboxylic acids is 1. The van der Waals surface area contributed by atoms with Crippen LogP contribution >= 0.6 is 12.4 Å². The molecule has 1 aliphatic heterocycles. The second kappa shape index (κ2) is 10.5. The zero-order chi connectivity index (χ0) is 19.2. The summed E-state index contributed by atoms with van der Waals surface area (Å²) in [5.74, 6) is 0.582. The van der Waals surface area contributed by atoms with Crippen molar-refractivity contribution in [2.45, 2.75) is 44.7 Å². The molecule has 28 heavy (non-hydrogen) atoms. The van der Waals surface area contributed by atoms with Gasteiger partial charge in [-0.15, -0.1) is 12.4 Å². The highest BCUT2D eigenvalue weighted by Gasteiger charge is 2.27. The number of aromatic nitrogens is 2. The van der Waals surface area contributed by atoms with Crippen LogP contribution in [0.3, 0.4) is 0 Å². The Morgan fingerprint density at radius 2 is 2.07 bits per heavy atom. The lowest BCUT2D eigenvalue weighted by Crippen LogP contribution is -2.36. The van der Waals surface area contributed by atoms with E-state index in [2.05, 4.69) is 34.1 Å². The van der Waals surface area contributed by atoms with E-state index in [0.29, 0.717) is 24.2 Å². The highest BCUT2D eigenvalue weighted by molar-refractivity contribution is 5.85. The second-order valence-corrected chi connectivity index (χ2v) is 7.32. The lowest BCUT2D eigenvalue weighted by Gasteiger charge is -2.27. The minimum atomic E-state index is -0.774. The topological polar surface area (TPSA) is 82.7 Å². The lowest BCUT2D eigenvalue weighted by molar-refractivity contribution is -0.138. The highest BCUT2D eigenvalue weighted by atomic mass is 35.5. The quantitative estimate of drug-likeness (QED) is 0.753. The Labute approximate surface area is 172 Å². The molecule has 1 aromatic heterocycles. The first-order chi connectivity index (χ1) is 13.0. The number of rotatable bonds is 7. The van der Waals surface area contributed by atoms with Crippen molar-refractivity contribution in [1.82, 2.24) is 19.9 Å². The van der Waals surface area contributed by atoms with E-state index in [1.165, 1.54) is 0 Å². The van der Waals surface area contributed by atoms with Gasteiger partial charge in [0.05, 0.1) is 12.6 Å². The Hall–Kier alpha value is -1.96. The molecule has 7 nitrogen and oxygen atoms in total. The molecule has 0 aliphatic carbocycles. The molecule has 154 valence electrons. The summed E-state index contributed by atoms with van der Waals surface area (Å²) in [5, 5.41) is 13.1. The van der Waals surface area contributed by atoms with Gasteiger partial charge in [-0.1, -0.05) is 35.5 Å². The van der Waals surface area contributed by atoms with Gasteiger partial charge in [0.1, 0.15) is 0 Å². The van der Waals surface area contributed by atoms with Crippen LogP contribution in [0.4, 0.5) is 0 Å². The average molecular weight is 409 g/mol. The number of likely N-dealkylation sites (tertiary alicyclic amines) is 1. The molecule has 1 N–H and O–H groups in total. The maximum atomic E-state index is 10.9. The third-order valence-corrected chi connectivity index (χ3v) is 5.33. The fourth-order valence-electron chi connectivity index (χ4n) is 3.72. The van der Waals surface area contributed by atoms with Gasteiger partial charge in [0.2, 0.25) is 5.89 Å². The van der Waals surface area contributed by atoms with Gasteiger partial charge in [0.25, 0.3) is 0 Å². The molecule has 3 rings (SSSR count). The predicted octanol–water partition coefficient (Wildman–Crippen LogP) is 3.01. The van der Waals surface area contributed by atoms with Gasteiger partial charge in [-0.25, -0.2) is 0 Å². The first kappa shape index (κ1) is 22.3. The molecule has 1 aromatic carbocycles. The third-order valence-electron chi connectivity index (χ3n) is 5.33. The van der Waals surface area contributed by atoms with Gasteiger partial charge in [0, 0.05) is 19.0 Å². The standard InChI is InChI=1S/C20H28N4O3.ClH/c1-15(20-21-18(22-27-20)13-16-7-4-3-5-8-16)24-11-6-9-17(10-12-24)23(2)14-19(25)26;/h3-5,7-8,15,17H,6,9-14H2,1-2H3,(H,25,26);1H. The molecule has 1 aliphatic rings. The maximum Gasteiger partial charge on any atom is 0.317 e. The number of carboxylic acids is 1. The van der Waals surface area contributed by atoms with Gasteiger partial charge in [-0.2, -0.15) is 4.98 Å². The second-order valence-electron chi connectivity index (χ2n) is 7.32. The summed E-state index contributed by atoms with van der Waals surface area (Å²) in [6, 6.07) is 10.5. The van der Waals surface area contributed by atoms with Crippen LogP contribution in [-0.4, -0.2) is 63.7 Å². The van der Waals surface area contributed by atoms with E-state index in [1.807, 2.05) is 30.1 Å². The number of benzene rings is 1. The van der Waals surface area contributed by atoms with Crippen molar-refractivity contribution in [2.75, 3.05) is 26.7 Å². The van der Waals surface area contributed by atoms with Crippen LogP contribution < -0.4 is 0 Å². The Balaban J connectivity index is 0.00000280. The Morgan fingerprint density at radius 1 is 1.32 bits per heavy atom. The molecule has 0 amide bonds. The molecular formula is C20H29ClN4O3. The fraction of sp³-hybridized carbons (Fsp3) is 0.550. The molecule has 2 heterocycles. The summed E-state index contributed by atoms with van der Waals surface area (Å²) >= 11 is 0. The maximum absolute atomic E-state index is 10.9. The minimum absolute atomic E-state index is 0. The Bertz CT molecular complexity index is 740.